The molecule has 0 unspecified atom stereocenters. The van der Waals surface area contributed by atoms with Gasteiger partial charge in [0.25, 0.3) is 0 Å². The van der Waals surface area contributed by atoms with E-state index in [2.05, 4.69) is 15.4 Å². The molecule has 6 nitrogen and oxygen atoms in total. The topological polar surface area (TPSA) is 76.9 Å². The molecule has 4 rings (SSSR count). The highest BCUT2D eigenvalue weighted by molar-refractivity contribution is 7.18. The maximum absolute atomic E-state index is 13.7. The monoisotopic (exact) mass is 504 g/mol. The molecular weight excluding hydrogens is 484 g/mol. The Hall–Kier alpha value is -3.82. The summed E-state index contributed by atoms with van der Waals surface area (Å²) >= 11 is 1.35. The van der Waals surface area contributed by atoms with E-state index in [0.29, 0.717) is 27.6 Å². The fraction of sp³-hybridized carbons (Fsp3) is 0.208. The fourth-order valence-electron chi connectivity index (χ4n) is 3.28. The number of rotatable bonds is 5. The first-order valence-corrected chi connectivity index (χ1v) is 11.1. The van der Waals surface area contributed by atoms with Crippen molar-refractivity contribution in [1.82, 2.24) is 14.8 Å². The Labute approximate surface area is 202 Å². The summed E-state index contributed by atoms with van der Waals surface area (Å²) in [6.07, 6.45) is -2.37. The number of aryl methyl sites for hydroxylation is 1. The Kier molecular flexibility index (Phi) is 7.83. The minimum absolute atomic E-state index is 0.0960. The predicted octanol–water partition coefficient (Wildman–Crippen LogP) is 6.37. The van der Waals surface area contributed by atoms with Crippen LogP contribution in [0.25, 0.3) is 27.5 Å². The van der Waals surface area contributed by atoms with Crippen LogP contribution >= 0.6 is 11.3 Å². The number of carbonyl (C=O) groups excluding carboxylic acids is 2. The number of anilines is 1. The van der Waals surface area contributed by atoms with Gasteiger partial charge in [-0.2, -0.15) is 27.9 Å². The Balaban J connectivity index is 0.00000108. The second-order valence-electron chi connectivity index (χ2n) is 7.71. The molecule has 0 radical (unpaired) electrons. The standard InChI is InChI=1S/C23H20F4N4S.CO2/c1-13(2)28-21-20(15-7-9-17(10-8-15)23(25,26)27)29-22(32-21)31-12-19(14(3)30-31)16-5-4-6-18(24)11-16;2-1-3/h4-13,28H,1-3H3;. The summed E-state index contributed by atoms with van der Waals surface area (Å²) in [5, 5.41) is 9.12. The second-order valence-corrected chi connectivity index (χ2v) is 8.69. The van der Waals surface area contributed by atoms with Crippen molar-refractivity contribution in [2.75, 3.05) is 5.32 Å². The van der Waals surface area contributed by atoms with Gasteiger partial charge in [-0.15, -0.1) is 0 Å². The lowest BCUT2D eigenvalue weighted by Gasteiger charge is -2.10. The molecule has 35 heavy (non-hydrogen) atoms. The SMILES string of the molecule is Cc1nn(-c2nc(-c3ccc(C(F)(F)F)cc3)c(NC(C)C)s2)cc1-c1cccc(F)c1.O=C=O. The van der Waals surface area contributed by atoms with E-state index in [4.69, 9.17) is 9.59 Å². The van der Waals surface area contributed by atoms with Crippen LogP contribution in [0.1, 0.15) is 25.1 Å². The van der Waals surface area contributed by atoms with E-state index in [1.807, 2.05) is 20.8 Å². The molecule has 0 fully saturated rings. The fourth-order valence-corrected chi connectivity index (χ4v) is 4.34. The molecule has 0 atom stereocenters. The molecule has 0 aliphatic heterocycles. The summed E-state index contributed by atoms with van der Waals surface area (Å²) in [7, 11) is 0. The number of nitrogens with one attached hydrogen (secondary N) is 1. The zero-order valence-corrected chi connectivity index (χ0v) is 19.7. The highest BCUT2D eigenvalue weighted by Gasteiger charge is 2.30. The molecule has 4 aromatic rings. The largest absolute Gasteiger partial charge is 0.416 e. The molecule has 2 heterocycles. The minimum Gasteiger partial charge on any atom is -0.373 e. The van der Waals surface area contributed by atoms with Crippen LogP contribution in [0.15, 0.2) is 54.7 Å². The van der Waals surface area contributed by atoms with E-state index in [9.17, 15) is 17.6 Å². The lowest BCUT2D eigenvalue weighted by atomic mass is 10.1. The third kappa shape index (κ3) is 6.20. The molecule has 0 saturated heterocycles. The van der Waals surface area contributed by atoms with Crippen molar-refractivity contribution >= 4 is 22.5 Å². The first-order valence-electron chi connectivity index (χ1n) is 10.3. The van der Waals surface area contributed by atoms with Crippen LogP contribution in [0.4, 0.5) is 22.6 Å². The molecule has 0 aliphatic carbocycles. The van der Waals surface area contributed by atoms with Crippen molar-refractivity contribution in [1.29, 1.82) is 0 Å². The Morgan fingerprint density at radius 1 is 1.06 bits per heavy atom. The third-order valence-electron chi connectivity index (χ3n) is 4.75. The van der Waals surface area contributed by atoms with Crippen LogP contribution in [0.5, 0.6) is 0 Å². The van der Waals surface area contributed by atoms with Crippen molar-refractivity contribution in [3.05, 3.63) is 71.8 Å². The summed E-state index contributed by atoms with van der Waals surface area (Å²) < 4.78 is 54.1. The first kappa shape index (κ1) is 25.8. The van der Waals surface area contributed by atoms with E-state index in [1.54, 1.807) is 23.0 Å². The van der Waals surface area contributed by atoms with Gasteiger partial charge < -0.3 is 5.32 Å². The molecular formula is C24H20F4N4O2S. The lowest BCUT2D eigenvalue weighted by Crippen LogP contribution is -2.09. The van der Waals surface area contributed by atoms with Gasteiger partial charge in [-0.3, -0.25) is 0 Å². The lowest BCUT2D eigenvalue weighted by molar-refractivity contribution is -0.191. The van der Waals surface area contributed by atoms with Crippen molar-refractivity contribution in [2.45, 2.75) is 33.0 Å². The number of aromatic nitrogens is 3. The Bertz CT molecular complexity index is 1340. The van der Waals surface area contributed by atoms with Crippen LogP contribution in [0.3, 0.4) is 0 Å². The van der Waals surface area contributed by atoms with Gasteiger partial charge in [0.05, 0.1) is 11.3 Å². The van der Waals surface area contributed by atoms with Crippen LogP contribution in [0, 0.1) is 12.7 Å². The number of hydrogen-bond donors (Lipinski definition) is 1. The normalized spacial score (nSPS) is 11.1. The average Bonchev–Trinajstić information content (AvgIpc) is 3.37. The summed E-state index contributed by atoms with van der Waals surface area (Å²) in [5.41, 5.74) is 2.59. The van der Waals surface area contributed by atoms with Crippen molar-refractivity contribution in [3.63, 3.8) is 0 Å². The van der Waals surface area contributed by atoms with Gasteiger partial charge >= 0.3 is 12.3 Å². The summed E-state index contributed by atoms with van der Waals surface area (Å²) in [5.74, 6) is -0.336. The second kappa shape index (κ2) is 10.6. The van der Waals surface area contributed by atoms with Gasteiger partial charge in [-0.05, 0) is 50.6 Å². The molecule has 1 N–H and O–H groups in total. The number of benzene rings is 2. The maximum atomic E-state index is 13.7. The van der Waals surface area contributed by atoms with Gasteiger partial charge in [-0.25, -0.2) is 14.1 Å². The number of thiazole rings is 1. The average molecular weight is 505 g/mol. The van der Waals surface area contributed by atoms with Crippen LogP contribution in [-0.4, -0.2) is 27.0 Å². The quantitative estimate of drug-likeness (QED) is 0.320. The molecule has 0 bridgehead atoms. The highest BCUT2D eigenvalue weighted by Crippen LogP contribution is 2.38. The molecule has 0 amide bonds. The van der Waals surface area contributed by atoms with Gasteiger partial charge in [-0.1, -0.05) is 35.6 Å². The summed E-state index contributed by atoms with van der Waals surface area (Å²) in [6, 6.07) is 11.3. The summed E-state index contributed by atoms with van der Waals surface area (Å²) in [6.45, 7) is 5.76. The number of halogens is 4. The maximum Gasteiger partial charge on any atom is 0.416 e. The zero-order chi connectivity index (χ0) is 25.8. The third-order valence-corrected chi connectivity index (χ3v) is 5.73. The van der Waals surface area contributed by atoms with Crippen molar-refractivity contribution in [2.24, 2.45) is 0 Å². The molecule has 0 aliphatic rings. The van der Waals surface area contributed by atoms with Crippen LogP contribution in [0.2, 0.25) is 0 Å². The van der Waals surface area contributed by atoms with E-state index in [0.717, 1.165) is 22.7 Å². The van der Waals surface area contributed by atoms with E-state index in [-0.39, 0.29) is 18.0 Å². The zero-order valence-electron chi connectivity index (χ0n) is 18.9. The number of alkyl halides is 3. The van der Waals surface area contributed by atoms with E-state index in [1.165, 1.54) is 35.6 Å². The molecule has 11 heteroatoms. The number of hydrogen-bond acceptors (Lipinski definition) is 6. The van der Waals surface area contributed by atoms with Crippen LogP contribution in [-0.2, 0) is 15.8 Å². The van der Waals surface area contributed by atoms with Gasteiger partial charge in [0.1, 0.15) is 16.5 Å². The molecule has 2 aromatic carbocycles. The Morgan fingerprint density at radius 3 is 2.29 bits per heavy atom. The highest BCUT2D eigenvalue weighted by atomic mass is 32.1. The molecule has 0 spiro atoms. The van der Waals surface area contributed by atoms with Gasteiger partial charge in [0.15, 0.2) is 0 Å². The molecule has 182 valence electrons. The van der Waals surface area contributed by atoms with Gasteiger partial charge in [0.2, 0.25) is 5.13 Å². The molecule has 2 aromatic heterocycles. The van der Waals surface area contributed by atoms with E-state index >= 15 is 0 Å². The molecule has 0 saturated carbocycles. The first-order chi connectivity index (χ1) is 16.5. The minimum atomic E-state index is -4.40. The van der Waals surface area contributed by atoms with Gasteiger partial charge in [0, 0.05) is 23.4 Å². The van der Waals surface area contributed by atoms with Crippen LogP contribution < -0.4 is 5.32 Å². The Morgan fingerprint density at radius 2 is 1.71 bits per heavy atom. The van der Waals surface area contributed by atoms with Crippen molar-refractivity contribution < 1.29 is 27.2 Å². The smallest absolute Gasteiger partial charge is 0.373 e. The number of nitrogens with zero attached hydrogens (tertiary/aromatic N) is 3. The van der Waals surface area contributed by atoms with Crippen molar-refractivity contribution in [3.8, 4) is 27.5 Å². The van der Waals surface area contributed by atoms with E-state index < -0.39 is 11.7 Å². The summed E-state index contributed by atoms with van der Waals surface area (Å²) in [4.78, 5) is 20.9. The predicted molar refractivity (Wildman–Crippen MR) is 124 cm³/mol.